The number of rotatable bonds is 7. The highest BCUT2D eigenvalue weighted by Crippen LogP contribution is 2.28. The Balaban J connectivity index is 2.64. The van der Waals surface area contributed by atoms with E-state index >= 15 is 0 Å². The van der Waals surface area contributed by atoms with E-state index in [1.165, 1.54) is 6.07 Å². The molecular weight excluding hydrogens is 253 g/mol. The molecule has 108 valence electrons. The van der Waals surface area contributed by atoms with Gasteiger partial charge < -0.3 is 5.32 Å². The average molecular weight is 274 g/mol. The highest BCUT2D eigenvalue weighted by atomic mass is 19.4. The van der Waals surface area contributed by atoms with Crippen LogP contribution in [0.15, 0.2) is 18.3 Å². The molecule has 19 heavy (non-hydrogen) atoms. The van der Waals surface area contributed by atoms with Crippen molar-refractivity contribution in [2.75, 3.05) is 6.54 Å². The van der Waals surface area contributed by atoms with Crippen LogP contribution in [-0.4, -0.2) is 17.6 Å². The van der Waals surface area contributed by atoms with E-state index in [1.807, 2.05) is 0 Å². The minimum absolute atomic E-state index is 0.286. The second kappa shape index (κ2) is 7.48. The first-order valence-corrected chi connectivity index (χ1v) is 6.72. The summed E-state index contributed by atoms with van der Waals surface area (Å²) in [6.07, 6.45) is 0.365. The molecule has 0 aliphatic rings. The van der Waals surface area contributed by atoms with Crippen LogP contribution in [0.2, 0.25) is 0 Å². The Morgan fingerprint density at radius 1 is 1.21 bits per heavy atom. The van der Waals surface area contributed by atoms with Gasteiger partial charge in [0.1, 0.15) is 0 Å². The van der Waals surface area contributed by atoms with Gasteiger partial charge in [-0.05, 0) is 31.5 Å². The maximum absolute atomic E-state index is 12.4. The van der Waals surface area contributed by atoms with Crippen molar-refractivity contribution in [2.45, 2.75) is 51.7 Å². The number of halogens is 3. The predicted molar refractivity (Wildman–Crippen MR) is 69.9 cm³/mol. The van der Waals surface area contributed by atoms with Crippen LogP contribution in [0, 0.1) is 0 Å². The summed E-state index contributed by atoms with van der Waals surface area (Å²) in [6.45, 7) is 5.11. The lowest BCUT2D eigenvalue weighted by Crippen LogP contribution is -2.32. The lowest BCUT2D eigenvalue weighted by Gasteiger charge is -2.17. The third kappa shape index (κ3) is 5.59. The molecule has 0 radical (unpaired) electrons. The molecule has 0 aliphatic carbocycles. The summed E-state index contributed by atoms with van der Waals surface area (Å²) < 4.78 is 37.3. The predicted octanol–water partition coefficient (Wildman–Crippen LogP) is 3.81. The maximum Gasteiger partial charge on any atom is 0.417 e. The molecule has 1 unspecified atom stereocenters. The van der Waals surface area contributed by atoms with Crippen LogP contribution in [0.1, 0.15) is 44.4 Å². The molecule has 1 rings (SSSR count). The number of pyridine rings is 1. The van der Waals surface area contributed by atoms with E-state index in [4.69, 9.17) is 0 Å². The first-order valence-electron chi connectivity index (χ1n) is 6.72. The smallest absolute Gasteiger partial charge is 0.314 e. The average Bonchev–Trinajstić information content (AvgIpc) is 2.36. The molecule has 1 heterocycles. The molecular formula is C14H21F3N2. The zero-order chi connectivity index (χ0) is 14.3. The zero-order valence-electron chi connectivity index (χ0n) is 11.4. The highest BCUT2D eigenvalue weighted by molar-refractivity contribution is 5.17. The van der Waals surface area contributed by atoms with Gasteiger partial charge in [-0.1, -0.05) is 20.3 Å². The molecule has 0 saturated carbocycles. The fourth-order valence-corrected chi connectivity index (χ4v) is 1.94. The van der Waals surface area contributed by atoms with Gasteiger partial charge in [-0.3, -0.25) is 4.98 Å². The molecule has 1 aromatic rings. The molecule has 0 aromatic carbocycles. The van der Waals surface area contributed by atoms with Gasteiger partial charge >= 0.3 is 6.18 Å². The van der Waals surface area contributed by atoms with Crippen LogP contribution in [0.4, 0.5) is 13.2 Å². The molecule has 2 nitrogen and oxygen atoms in total. The first kappa shape index (κ1) is 16.0. The van der Waals surface area contributed by atoms with Crippen molar-refractivity contribution in [1.82, 2.24) is 10.3 Å². The van der Waals surface area contributed by atoms with Crippen molar-refractivity contribution in [3.8, 4) is 0 Å². The van der Waals surface area contributed by atoms with Gasteiger partial charge in [-0.2, -0.15) is 13.2 Å². The fourth-order valence-electron chi connectivity index (χ4n) is 1.94. The summed E-state index contributed by atoms with van der Waals surface area (Å²) in [5.41, 5.74) is 0.0138. The SMILES string of the molecule is CCCNC(CCC)Cc1ccc(C(F)(F)F)cn1. The number of hydrogen-bond acceptors (Lipinski definition) is 2. The first-order chi connectivity index (χ1) is 8.97. The molecule has 0 fully saturated rings. The molecule has 1 N–H and O–H groups in total. The Hall–Kier alpha value is -1.10. The Morgan fingerprint density at radius 2 is 1.95 bits per heavy atom. The Morgan fingerprint density at radius 3 is 2.42 bits per heavy atom. The Kier molecular flexibility index (Phi) is 6.28. The van der Waals surface area contributed by atoms with Crippen molar-refractivity contribution in [3.05, 3.63) is 29.6 Å². The lowest BCUT2D eigenvalue weighted by atomic mass is 10.1. The van der Waals surface area contributed by atoms with E-state index in [2.05, 4.69) is 24.1 Å². The zero-order valence-corrected chi connectivity index (χ0v) is 11.4. The number of hydrogen-bond donors (Lipinski definition) is 1. The van der Waals surface area contributed by atoms with Gasteiger partial charge in [0.2, 0.25) is 0 Å². The van der Waals surface area contributed by atoms with E-state index in [0.717, 1.165) is 38.1 Å². The second-order valence-corrected chi connectivity index (χ2v) is 4.68. The standard InChI is InChI=1S/C14H21F3N2/c1-3-5-12(18-8-4-2)9-13-7-6-11(10-19-13)14(15,16)17/h6-7,10,12,18H,3-5,8-9H2,1-2H3. The summed E-state index contributed by atoms with van der Waals surface area (Å²) in [5.74, 6) is 0. The molecule has 1 atom stereocenters. The van der Waals surface area contributed by atoms with Gasteiger partial charge in [0.25, 0.3) is 0 Å². The van der Waals surface area contributed by atoms with Gasteiger partial charge in [-0.25, -0.2) is 0 Å². The minimum atomic E-state index is -4.31. The van der Waals surface area contributed by atoms with Gasteiger partial charge in [0, 0.05) is 24.4 Å². The molecule has 0 spiro atoms. The molecule has 0 saturated heterocycles. The van der Waals surface area contributed by atoms with E-state index in [-0.39, 0.29) is 6.04 Å². The maximum atomic E-state index is 12.4. The topological polar surface area (TPSA) is 24.9 Å². The number of aromatic nitrogens is 1. The largest absolute Gasteiger partial charge is 0.417 e. The third-order valence-electron chi connectivity index (χ3n) is 2.93. The van der Waals surface area contributed by atoms with Crippen LogP contribution >= 0.6 is 0 Å². The van der Waals surface area contributed by atoms with Crippen molar-refractivity contribution < 1.29 is 13.2 Å². The molecule has 0 amide bonds. The van der Waals surface area contributed by atoms with Crippen molar-refractivity contribution >= 4 is 0 Å². The summed E-state index contributed by atoms with van der Waals surface area (Å²) in [6, 6.07) is 2.86. The second-order valence-electron chi connectivity index (χ2n) is 4.68. The van der Waals surface area contributed by atoms with Crippen molar-refractivity contribution in [2.24, 2.45) is 0 Å². The van der Waals surface area contributed by atoms with Crippen LogP contribution < -0.4 is 5.32 Å². The van der Waals surface area contributed by atoms with Crippen LogP contribution in [0.3, 0.4) is 0 Å². The minimum Gasteiger partial charge on any atom is -0.314 e. The summed E-state index contributed by atoms with van der Waals surface area (Å²) in [5, 5.41) is 3.40. The van der Waals surface area contributed by atoms with Gasteiger partial charge in [0.15, 0.2) is 0 Å². The fraction of sp³-hybridized carbons (Fsp3) is 0.643. The van der Waals surface area contributed by atoms with E-state index in [1.54, 1.807) is 0 Å². The number of alkyl halides is 3. The highest BCUT2D eigenvalue weighted by Gasteiger charge is 2.30. The molecule has 0 bridgehead atoms. The molecule has 1 aromatic heterocycles. The number of nitrogens with one attached hydrogen (secondary N) is 1. The van der Waals surface area contributed by atoms with E-state index in [0.29, 0.717) is 12.1 Å². The normalized spacial score (nSPS) is 13.5. The summed E-state index contributed by atoms with van der Waals surface area (Å²) in [4.78, 5) is 3.92. The van der Waals surface area contributed by atoms with E-state index < -0.39 is 11.7 Å². The lowest BCUT2D eigenvalue weighted by molar-refractivity contribution is -0.137. The quantitative estimate of drug-likeness (QED) is 0.817. The molecule has 0 aliphatic heterocycles. The van der Waals surface area contributed by atoms with Gasteiger partial charge in [0.05, 0.1) is 5.56 Å². The summed E-state index contributed by atoms with van der Waals surface area (Å²) >= 11 is 0. The molecule has 5 heteroatoms. The van der Waals surface area contributed by atoms with E-state index in [9.17, 15) is 13.2 Å². The summed E-state index contributed by atoms with van der Waals surface area (Å²) in [7, 11) is 0. The number of nitrogens with zero attached hydrogens (tertiary/aromatic N) is 1. The van der Waals surface area contributed by atoms with Crippen LogP contribution in [-0.2, 0) is 12.6 Å². The monoisotopic (exact) mass is 274 g/mol. The van der Waals surface area contributed by atoms with Gasteiger partial charge in [-0.15, -0.1) is 0 Å². The van der Waals surface area contributed by atoms with Crippen molar-refractivity contribution in [3.63, 3.8) is 0 Å². The van der Waals surface area contributed by atoms with Crippen LogP contribution in [0.5, 0.6) is 0 Å². The third-order valence-corrected chi connectivity index (χ3v) is 2.93. The Labute approximate surface area is 112 Å². The Bertz CT molecular complexity index is 360. The van der Waals surface area contributed by atoms with Crippen molar-refractivity contribution in [1.29, 1.82) is 0 Å². The van der Waals surface area contributed by atoms with Crippen LogP contribution in [0.25, 0.3) is 0 Å².